The molecule has 0 atom stereocenters. The lowest BCUT2D eigenvalue weighted by atomic mass is 10.3. The molecule has 1 fully saturated rings. The molecule has 2 aromatic rings. The summed E-state index contributed by atoms with van der Waals surface area (Å²) in [6.45, 7) is 4.10. The van der Waals surface area contributed by atoms with Crippen molar-refractivity contribution in [2.24, 2.45) is 0 Å². The summed E-state index contributed by atoms with van der Waals surface area (Å²) >= 11 is 8.53. The Hall–Kier alpha value is -0.720. The minimum absolute atomic E-state index is 0.253. The van der Waals surface area contributed by atoms with E-state index in [4.69, 9.17) is 12.2 Å². The van der Waals surface area contributed by atoms with Gasteiger partial charge in [-0.05, 0) is 60.1 Å². The predicted molar refractivity (Wildman–Crippen MR) is 80.5 cm³/mol. The van der Waals surface area contributed by atoms with Gasteiger partial charge in [-0.25, -0.2) is 4.39 Å². The molecule has 19 heavy (non-hydrogen) atoms. The van der Waals surface area contributed by atoms with Gasteiger partial charge in [-0.3, -0.25) is 0 Å². The van der Waals surface area contributed by atoms with Crippen LogP contribution in [0.25, 0.3) is 11.0 Å². The standard InChI is InChI=1S/C13H15BrFN3S/c14-9-7-11-12(8-10(9)15)18(13(19)16-11)6-5-17-3-1-2-4-17/h7-8H,1-6H2,(H,16,19). The molecule has 6 heteroatoms. The van der Waals surface area contributed by atoms with Crippen molar-refractivity contribution in [1.29, 1.82) is 0 Å². The van der Waals surface area contributed by atoms with Gasteiger partial charge < -0.3 is 14.5 Å². The van der Waals surface area contributed by atoms with Crippen molar-refractivity contribution < 1.29 is 4.39 Å². The van der Waals surface area contributed by atoms with Crippen LogP contribution in [0.4, 0.5) is 4.39 Å². The van der Waals surface area contributed by atoms with E-state index in [1.807, 2.05) is 4.57 Å². The van der Waals surface area contributed by atoms with Crippen molar-refractivity contribution in [1.82, 2.24) is 14.5 Å². The number of benzene rings is 1. The Morgan fingerprint density at radius 2 is 2.00 bits per heavy atom. The maximum absolute atomic E-state index is 13.7. The number of aromatic amines is 1. The van der Waals surface area contributed by atoms with Gasteiger partial charge in [0.25, 0.3) is 0 Å². The minimum Gasteiger partial charge on any atom is -0.331 e. The lowest BCUT2D eigenvalue weighted by molar-refractivity contribution is 0.323. The third-order valence-corrected chi connectivity index (χ3v) is 4.58. The first-order valence-electron chi connectivity index (χ1n) is 6.45. The van der Waals surface area contributed by atoms with E-state index < -0.39 is 0 Å². The summed E-state index contributed by atoms with van der Waals surface area (Å²) in [6, 6.07) is 3.28. The maximum atomic E-state index is 13.7. The third-order valence-electron chi connectivity index (χ3n) is 3.65. The van der Waals surface area contributed by atoms with Gasteiger partial charge >= 0.3 is 0 Å². The van der Waals surface area contributed by atoms with Crippen LogP contribution < -0.4 is 0 Å². The summed E-state index contributed by atoms with van der Waals surface area (Å²) in [5, 5.41) is 0. The second-order valence-electron chi connectivity index (χ2n) is 4.91. The van der Waals surface area contributed by atoms with Crippen molar-refractivity contribution in [2.45, 2.75) is 19.4 Å². The van der Waals surface area contributed by atoms with E-state index in [1.165, 1.54) is 18.9 Å². The Kier molecular flexibility index (Phi) is 3.73. The van der Waals surface area contributed by atoms with Crippen LogP contribution in [-0.4, -0.2) is 34.1 Å². The van der Waals surface area contributed by atoms with Crippen molar-refractivity contribution in [3.63, 3.8) is 0 Å². The van der Waals surface area contributed by atoms with Crippen molar-refractivity contribution in [2.75, 3.05) is 19.6 Å². The number of hydrogen-bond donors (Lipinski definition) is 1. The van der Waals surface area contributed by atoms with Crippen LogP contribution in [0.2, 0.25) is 0 Å². The topological polar surface area (TPSA) is 24.0 Å². The summed E-state index contributed by atoms with van der Waals surface area (Å²) in [6.07, 6.45) is 2.56. The van der Waals surface area contributed by atoms with E-state index >= 15 is 0 Å². The van der Waals surface area contributed by atoms with Crippen molar-refractivity contribution >= 4 is 39.2 Å². The first kappa shape index (κ1) is 13.3. The summed E-state index contributed by atoms with van der Waals surface area (Å²) in [5.74, 6) is -0.253. The second-order valence-corrected chi connectivity index (χ2v) is 6.16. The molecule has 1 aromatic heterocycles. The molecule has 0 amide bonds. The number of imidazole rings is 1. The van der Waals surface area contributed by atoms with Crippen LogP contribution in [0.5, 0.6) is 0 Å². The Balaban J connectivity index is 1.91. The molecule has 2 heterocycles. The van der Waals surface area contributed by atoms with Gasteiger partial charge in [-0.2, -0.15) is 0 Å². The quantitative estimate of drug-likeness (QED) is 0.859. The van der Waals surface area contributed by atoms with Crippen molar-refractivity contribution in [3.05, 3.63) is 27.2 Å². The van der Waals surface area contributed by atoms with Gasteiger partial charge in [0.1, 0.15) is 5.82 Å². The van der Waals surface area contributed by atoms with Crippen LogP contribution in [0, 0.1) is 10.6 Å². The lowest BCUT2D eigenvalue weighted by Crippen LogP contribution is -2.24. The van der Waals surface area contributed by atoms with E-state index in [9.17, 15) is 4.39 Å². The summed E-state index contributed by atoms with van der Waals surface area (Å²) < 4.78 is 16.8. The molecule has 0 saturated carbocycles. The van der Waals surface area contributed by atoms with Crippen LogP contribution >= 0.6 is 28.1 Å². The summed E-state index contributed by atoms with van der Waals surface area (Å²) in [4.78, 5) is 5.56. The average Bonchev–Trinajstić information content (AvgIpc) is 2.96. The fourth-order valence-corrected chi connectivity index (χ4v) is 3.26. The zero-order chi connectivity index (χ0) is 13.4. The monoisotopic (exact) mass is 343 g/mol. The zero-order valence-corrected chi connectivity index (χ0v) is 12.9. The Morgan fingerprint density at radius 1 is 1.26 bits per heavy atom. The minimum atomic E-state index is -0.253. The summed E-state index contributed by atoms with van der Waals surface area (Å²) in [5.41, 5.74) is 1.71. The molecule has 1 saturated heterocycles. The number of H-pyrrole nitrogens is 1. The largest absolute Gasteiger partial charge is 0.331 e. The smallest absolute Gasteiger partial charge is 0.178 e. The van der Waals surface area contributed by atoms with E-state index in [2.05, 4.69) is 25.8 Å². The SMILES string of the molecule is Fc1cc2c(cc1Br)[nH]c(=S)n2CCN1CCCC1. The molecule has 1 aromatic carbocycles. The highest BCUT2D eigenvalue weighted by Crippen LogP contribution is 2.23. The molecule has 0 aliphatic carbocycles. The zero-order valence-electron chi connectivity index (χ0n) is 10.5. The molecule has 3 nitrogen and oxygen atoms in total. The first-order chi connectivity index (χ1) is 9.15. The molecular weight excluding hydrogens is 329 g/mol. The molecule has 0 radical (unpaired) electrons. The highest BCUT2D eigenvalue weighted by Gasteiger charge is 2.13. The van der Waals surface area contributed by atoms with Gasteiger partial charge in [-0.1, -0.05) is 0 Å². The van der Waals surface area contributed by atoms with Crippen LogP contribution in [0.15, 0.2) is 16.6 Å². The number of rotatable bonds is 3. The average molecular weight is 344 g/mol. The Labute approximate surface area is 124 Å². The molecule has 1 aliphatic heterocycles. The number of nitrogens with zero attached hydrogens (tertiary/aromatic N) is 2. The number of aromatic nitrogens is 2. The molecule has 0 bridgehead atoms. The van der Waals surface area contributed by atoms with E-state index in [0.29, 0.717) is 9.24 Å². The molecule has 3 rings (SSSR count). The molecule has 1 aliphatic rings. The number of nitrogens with one attached hydrogen (secondary N) is 1. The fraction of sp³-hybridized carbons (Fsp3) is 0.462. The molecule has 0 spiro atoms. The lowest BCUT2D eigenvalue weighted by Gasteiger charge is -2.15. The molecular formula is C13H15BrFN3S. The highest BCUT2D eigenvalue weighted by molar-refractivity contribution is 9.10. The van der Waals surface area contributed by atoms with E-state index in [0.717, 1.165) is 37.2 Å². The van der Waals surface area contributed by atoms with E-state index in [1.54, 1.807) is 6.07 Å². The normalized spacial score (nSPS) is 16.5. The van der Waals surface area contributed by atoms with E-state index in [-0.39, 0.29) is 5.82 Å². The second kappa shape index (κ2) is 5.34. The highest BCUT2D eigenvalue weighted by atomic mass is 79.9. The van der Waals surface area contributed by atoms with Gasteiger partial charge in [-0.15, -0.1) is 0 Å². The van der Waals surface area contributed by atoms with Gasteiger partial charge in [0.05, 0.1) is 15.5 Å². The number of halogens is 2. The maximum Gasteiger partial charge on any atom is 0.178 e. The van der Waals surface area contributed by atoms with Gasteiger partial charge in [0.15, 0.2) is 4.77 Å². The summed E-state index contributed by atoms with van der Waals surface area (Å²) in [7, 11) is 0. The Morgan fingerprint density at radius 3 is 2.74 bits per heavy atom. The van der Waals surface area contributed by atoms with Crippen LogP contribution in [0.3, 0.4) is 0 Å². The van der Waals surface area contributed by atoms with Gasteiger partial charge in [0.2, 0.25) is 0 Å². The van der Waals surface area contributed by atoms with Crippen molar-refractivity contribution in [3.8, 4) is 0 Å². The first-order valence-corrected chi connectivity index (χ1v) is 7.65. The van der Waals surface area contributed by atoms with Gasteiger partial charge in [0, 0.05) is 19.2 Å². The third kappa shape index (κ3) is 2.61. The molecule has 1 N–H and O–H groups in total. The van der Waals surface area contributed by atoms with Crippen LogP contribution in [-0.2, 0) is 6.54 Å². The molecule has 0 unspecified atom stereocenters. The fourth-order valence-electron chi connectivity index (χ4n) is 2.62. The molecule has 102 valence electrons. The Bertz CT molecular complexity index is 658. The predicted octanol–water partition coefficient (Wildman–Crippen LogP) is 3.70. The van der Waals surface area contributed by atoms with Crippen LogP contribution in [0.1, 0.15) is 12.8 Å². The number of fused-ring (bicyclic) bond motifs is 1. The number of likely N-dealkylation sites (tertiary alicyclic amines) is 1. The number of hydrogen-bond acceptors (Lipinski definition) is 2.